The van der Waals surface area contributed by atoms with Gasteiger partial charge in [-0.05, 0) is 53.4 Å². The first-order valence-electron chi connectivity index (χ1n) is 12.0. The Bertz CT molecular complexity index is 881. The van der Waals surface area contributed by atoms with Gasteiger partial charge < -0.3 is 19.6 Å². The highest BCUT2D eigenvalue weighted by atomic mass is 32.2. The van der Waals surface area contributed by atoms with E-state index in [1.807, 2.05) is 44.7 Å². The molecule has 7 nitrogen and oxygen atoms in total. The predicted molar refractivity (Wildman–Crippen MR) is 127 cm³/mol. The van der Waals surface area contributed by atoms with Crippen LogP contribution in [0.15, 0.2) is 24.3 Å². The number of amides is 2. The highest BCUT2D eigenvalue weighted by molar-refractivity contribution is 8.02. The van der Waals surface area contributed by atoms with Crippen molar-refractivity contribution in [3.05, 3.63) is 24.3 Å². The Kier molecular flexibility index (Phi) is 6.46. The lowest BCUT2D eigenvalue weighted by molar-refractivity contribution is -0.154. The van der Waals surface area contributed by atoms with Crippen LogP contribution >= 0.6 is 11.8 Å². The van der Waals surface area contributed by atoms with E-state index >= 15 is 0 Å². The summed E-state index contributed by atoms with van der Waals surface area (Å²) in [6.07, 6.45) is 11.2. The molecule has 2 fully saturated rings. The molecular weight excluding hydrogens is 440 g/mol. The van der Waals surface area contributed by atoms with Crippen LogP contribution in [-0.2, 0) is 19.1 Å². The molecule has 1 spiro atoms. The first kappa shape index (κ1) is 24.3. The molecule has 8 heteroatoms. The summed E-state index contributed by atoms with van der Waals surface area (Å²) in [7, 11) is 0. The fourth-order valence-corrected chi connectivity index (χ4v) is 8.04. The first-order valence-corrected chi connectivity index (χ1v) is 12.8. The standard InChI is InChI=1S/C25H36N2O5S/c1-23(2,3)27-14-9-12-25-17(20(29)26(13-10-15-28)19(25)21(27)30)18-22(31)32-16-8-6-5-7-11-24(18,4)33-25/h7,9,11-12,17-19,28H,5-6,8,10,13-16H2,1-4H3/b11-7-/t17-,18-,19?,24+,25-/m0/s1. The number of carbonyl (C=O) groups is 3. The molecule has 4 aliphatic heterocycles. The maximum absolute atomic E-state index is 14.0. The van der Waals surface area contributed by atoms with E-state index in [2.05, 4.69) is 12.2 Å². The number of ether oxygens (including phenoxy) is 1. The highest BCUT2D eigenvalue weighted by Gasteiger charge is 2.73. The van der Waals surface area contributed by atoms with E-state index in [0.717, 1.165) is 19.3 Å². The van der Waals surface area contributed by atoms with Gasteiger partial charge >= 0.3 is 5.97 Å². The van der Waals surface area contributed by atoms with Crippen LogP contribution in [-0.4, -0.2) is 80.1 Å². The number of aliphatic hydroxyl groups excluding tert-OH is 1. The van der Waals surface area contributed by atoms with Crippen LogP contribution < -0.4 is 0 Å². The molecule has 0 aromatic heterocycles. The molecule has 182 valence electrons. The van der Waals surface area contributed by atoms with E-state index in [0.29, 0.717) is 19.6 Å². The van der Waals surface area contributed by atoms with E-state index in [1.165, 1.54) is 0 Å². The van der Waals surface area contributed by atoms with E-state index < -0.39 is 32.9 Å². The fraction of sp³-hybridized carbons (Fsp3) is 0.720. The Labute approximate surface area is 200 Å². The van der Waals surface area contributed by atoms with Gasteiger partial charge in [0.05, 0.1) is 23.2 Å². The van der Waals surface area contributed by atoms with Gasteiger partial charge in [-0.3, -0.25) is 14.4 Å². The quantitative estimate of drug-likeness (QED) is 0.498. The Balaban J connectivity index is 1.86. The van der Waals surface area contributed by atoms with Gasteiger partial charge in [-0.25, -0.2) is 0 Å². The van der Waals surface area contributed by atoms with E-state index in [9.17, 15) is 19.5 Å². The zero-order valence-corrected chi connectivity index (χ0v) is 20.9. The minimum Gasteiger partial charge on any atom is -0.465 e. The Morgan fingerprint density at radius 2 is 1.88 bits per heavy atom. The lowest BCUT2D eigenvalue weighted by atomic mass is 9.74. The number of nitrogens with zero attached hydrogens (tertiary/aromatic N) is 2. The number of hydrogen-bond acceptors (Lipinski definition) is 6. The largest absolute Gasteiger partial charge is 0.465 e. The molecule has 2 saturated heterocycles. The first-order chi connectivity index (χ1) is 15.6. The average Bonchev–Trinajstić information content (AvgIpc) is 3.05. The van der Waals surface area contributed by atoms with Gasteiger partial charge in [0.1, 0.15) is 6.04 Å². The van der Waals surface area contributed by atoms with Crippen molar-refractivity contribution in [2.45, 2.75) is 74.5 Å². The third-order valence-electron chi connectivity index (χ3n) is 7.37. The number of rotatable bonds is 3. The number of esters is 1. The second-order valence-corrected chi connectivity index (χ2v) is 12.5. The molecule has 33 heavy (non-hydrogen) atoms. The minimum absolute atomic E-state index is 0.0692. The molecule has 1 unspecified atom stereocenters. The Morgan fingerprint density at radius 3 is 2.58 bits per heavy atom. The molecule has 0 bridgehead atoms. The van der Waals surface area contributed by atoms with Gasteiger partial charge in [0.2, 0.25) is 11.8 Å². The normalized spacial score (nSPS) is 37.8. The number of fused-ring (bicyclic) bond motifs is 2. The van der Waals surface area contributed by atoms with E-state index in [-0.39, 0.29) is 30.9 Å². The van der Waals surface area contributed by atoms with Crippen molar-refractivity contribution in [3.63, 3.8) is 0 Å². The number of cyclic esters (lactones) is 1. The number of carbonyl (C=O) groups excluding carboxylic acids is 3. The van der Waals surface area contributed by atoms with Crippen molar-refractivity contribution in [2.75, 3.05) is 26.3 Å². The SMILES string of the molecule is CC(C)(C)N1CC=C[C@]23S[C@]4(C)/C=C\CCCCOC(=O)[C@@H]4[C@H]2C(=O)N(CCCO)C3C1=O. The number of thioether (sulfide) groups is 1. The summed E-state index contributed by atoms with van der Waals surface area (Å²) in [6.45, 7) is 9.00. The molecule has 1 N–H and O–H groups in total. The van der Waals surface area contributed by atoms with Crippen molar-refractivity contribution in [1.29, 1.82) is 0 Å². The maximum atomic E-state index is 14.0. The monoisotopic (exact) mass is 476 g/mol. The molecule has 5 atom stereocenters. The molecule has 4 aliphatic rings. The molecule has 0 aromatic carbocycles. The highest BCUT2D eigenvalue weighted by Crippen LogP contribution is 2.65. The lowest BCUT2D eigenvalue weighted by Gasteiger charge is -2.41. The number of aliphatic hydroxyl groups is 1. The van der Waals surface area contributed by atoms with Crippen LogP contribution in [0.2, 0.25) is 0 Å². The van der Waals surface area contributed by atoms with Crippen molar-refractivity contribution < 1.29 is 24.2 Å². The fourth-order valence-electron chi connectivity index (χ4n) is 5.88. The summed E-state index contributed by atoms with van der Waals surface area (Å²) in [6, 6.07) is -0.722. The second-order valence-electron chi connectivity index (χ2n) is 10.7. The third-order valence-corrected chi connectivity index (χ3v) is 9.16. The zero-order chi connectivity index (χ0) is 24.0. The Morgan fingerprint density at radius 1 is 1.12 bits per heavy atom. The second kappa shape index (κ2) is 8.77. The summed E-state index contributed by atoms with van der Waals surface area (Å²) >= 11 is 1.57. The van der Waals surface area contributed by atoms with Gasteiger partial charge in [-0.1, -0.05) is 24.3 Å². The minimum atomic E-state index is -0.861. The molecule has 4 heterocycles. The number of likely N-dealkylation sites (tertiary alicyclic amines) is 1. The van der Waals surface area contributed by atoms with Crippen molar-refractivity contribution in [1.82, 2.24) is 9.80 Å². The van der Waals surface area contributed by atoms with Crippen LogP contribution in [0.3, 0.4) is 0 Å². The van der Waals surface area contributed by atoms with Crippen LogP contribution in [0.5, 0.6) is 0 Å². The molecule has 0 radical (unpaired) electrons. The Hall–Kier alpha value is -1.80. The predicted octanol–water partition coefficient (Wildman–Crippen LogP) is 2.54. The third kappa shape index (κ3) is 3.93. The summed E-state index contributed by atoms with van der Waals surface area (Å²) in [5, 5.41) is 9.47. The lowest BCUT2D eigenvalue weighted by Crippen LogP contribution is -2.57. The van der Waals surface area contributed by atoms with Gasteiger partial charge in [0, 0.05) is 30.0 Å². The van der Waals surface area contributed by atoms with Crippen LogP contribution in [0, 0.1) is 11.8 Å². The zero-order valence-electron chi connectivity index (χ0n) is 20.1. The van der Waals surface area contributed by atoms with Gasteiger partial charge in [-0.15, -0.1) is 11.8 Å². The number of hydrogen-bond donors (Lipinski definition) is 1. The molecule has 0 saturated carbocycles. The molecule has 0 aromatic rings. The number of allylic oxidation sites excluding steroid dienone is 1. The molecular formula is C25H36N2O5S. The van der Waals surface area contributed by atoms with Gasteiger partial charge in [0.25, 0.3) is 0 Å². The van der Waals surface area contributed by atoms with Crippen molar-refractivity contribution >= 4 is 29.5 Å². The van der Waals surface area contributed by atoms with Crippen molar-refractivity contribution in [2.24, 2.45) is 11.8 Å². The van der Waals surface area contributed by atoms with Crippen molar-refractivity contribution in [3.8, 4) is 0 Å². The topological polar surface area (TPSA) is 87.2 Å². The maximum Gasteiger partial charge on any atom is 0.311 e. The van der Waals surface area contributed by atoms with Gasteiger partial charge in [0.15, 0.2) is 0 Å². The summed E-state index contributed by atoms with van der Waals surface area (Å²) in [5.74, 6) is -2.01. The van der Waals surface area contributed by atoms with Crippen LogP contribution in [0.1, 0.15) is 53.4 Å². The molecule has 2 amide bonds. The summed E-state index contributed by atoms with van der Waals surface area (Å²) < 4.78 is 4.15. The van der Waals surface area contributed by atoms with Gasteiger partial charge in [-0.2, -0.15) is 0 Å². The van der Waals surface area contributed by atoms with Crippen LogP contribution in [0.4, 0.5) is 0 Å². The summed E-state index contributed by atoms with van der Waals surface area (Å²) in [5.41, 5.74) is -0.416. The smallest absolute Gasteiger partial charge is 0.311 e. The molecule has 0 aliphatic carbocycles. The summed E-state index contributed by atoms with van der Waals surface area (Å²) in [4.78, 5) is 44.8. The average molecular weight is 477 g/mol. The van der Waals surface area contributed by atoms with E-state index in [4.69, 9.17) is 4.74 Å². The van der Waals surface area contributed by atoms with Crippen LogP contribution in [0.25, 0.3) is 0 Å². The van der Waals surface area contributed by atoms with E-state index in [1.54, 1.807) is 16.7 Å². The molecule has 4 rings (SSSR count).